The molecule has 0 heterocycles. The number of likely N-dealkylation sites (N-methyl/N-ethyl adjacent to an activating group) is 1. The average molecular weight is 345 g/mol. The minimum absolute atomic E-state index is 0.0628. The van der Waals surface area contributed by atoms with Gasteiger partial charge in [0.2, 0.25) is 5.91 Å². The van der Waals surface area contributed by atoms with Crippen molar-refractivity contribution in [1.82, 2.24) is 4.90 Å². The van der Waals surface area contributed by atoms with Crippen LogP contribution in [0.3, 0.4) is 0 Å². The molecule has 3 unspecified atom stereocenters. The number of nitrogens with zero attached hydrogens (tertiary/aromatic N) is 1. The average Bonchev–Trinajstić information content (AvgIpc) is 2.61. The van der Waals surface area contributed by atoms with Gasteiger partial charge in [-0.15, -0.1) is 0 Å². The van der Waals surface area contributed by atoms with Gasteiger partial charge in [0.15, 0.2) is 0 Å². The van der Waals surface area contributed by atoms with E-state index in [2.05, 4.69) is 0 Å². The summed E-state index contributed by atoms with van der Waals surface area (Å²) in [6, 6.07) is 17.3. The number of carbonyl (C=O) groups is 1. The van der Waals surface area contributed by atoms with Crippen LogP contribution < -0.4 is 5.73 Å². The molecular weight excluding hydrogens is 320 g/mol. The van der Waals surface area contributed by atoms with Crippen LogP contribution in [0.1, 0.15) is 31.0 Å². The summed E-state index contributed by atoms with van der Waals surface area (Å²) in [5, 5.41) is 0.721. The molecular formula is C20H25ClN2O. The Kier molecular flexibility index (Phi) is 6.41. The summed E-state index contributed by atoms with van der Waals surface area (Å²) in [7, 11) is 1.84. The van der Waals surface area contributed by atoms with Crippen LogP contribution in [0.15, 0.2) is 54.6 Å². The van der Waals surface area contributed by atoms with Crippen molar-refractivity contribution in [2.75, 3.05) is 7.05 Å². The maximum absolute atomic E-state index is 12.8. The molecule has 2 aromatic carbocycles. The molecule has 2 aromatic rings. The number of amides is 1. The molecule has 1 amide bonds. The second-order valence-corrected chi connectivity index (χ2v) is 6.79. The molecule has 0 fully saturated rings. The molecule has 0 aromatic heterocycles. The normalized spacial score (nSPS) is 14.7. The largest absolute Gasteiger partial charge is 0.342 e. The Balaban J connectivity index is 2.00. The first-order valence-corrected chi connectivity index (χ1v) is 8.59. The number of rotatable bonds is 6. The predicted molar refractivity (Wildman–Crippen MR) is 99.9 cm³/mol. The van der Waals surface area contributed by atoms with Gasteiger partial charge in [-0.25, -0.2) is 0 Å². The van der Waals surface area contributed by atoms with Crippen molar-refractivity contribution in [3.05, 3.63) is 70.7 Å². The van der Waals surface area contributed by atoms with Gasteiger partial charge in [0, 0.05) is 24.2 Å². The summed E-state index contributed by atoms with van der Waals surface area (Å²) in [6.07, 6.45) is 0.784. The van der Waals surface area contributed by atoms with Gasteiger partial charge in [-0.2, -0.15) is 0 Å². The molecule has 0 radical (unpaired) electrons. The number of hydrogen-bond donors (Lipinski definition) is 1. The quantitative estimate of drug-likeness (QED) is 0.858. The minimum Gasteiger partial charge on any atom is -0.342 e. The third-order valence-electron chi connectivity index (χ3n) is 4.57. The van der Waals surface area contributed by atoms with Crippen molar-refractivity contribution >= 4 is 17.5 Å². The van der Waals surface area contributed by atoms with Gasteiger partial charge in [-0.05, 0) is 36.6 Å². The molecule has 3 nitrogen and oxygen atoms in total. The van der Waals surface area contributed by atoms with Crippen LogP contribution in [0, 0.1) is 5.92 Å². The molecule has 0 aliphatic carbocycles. The highest BCUT2D eigenvalue weighted by molar-refractivity contribution is 6.30. The van der Waals surface area contributed by atoms with Gasteiger partial charge in [-0.3, -0.25) is 4.79 Å². The smallest absolute Gasteiger partial charge is 0.227 e. The van der Waals surface area contributed by atoms with E-state index in [0.717, 1.165) is 22.6 Å². The second kappa shape index (κ2) is 8.32. The molecule has 2 N–H and O–H groups in total. The zero-order valence-electron chi connectivity index (χ0n) is 14.4. The van der Waals surface area contributed by atoms with Crippen molar-refractivity contribution in [3.8, 4) is 0 Å². The molecule has 3 atom stereocenters. The predicted octanol–water partition coefficient (Wildman–Crippen LogP) is 4.07. The third kappa shape index (κ3) is 4.59. The highest BCUT2D eigenvalue weighted by Crippen LogP contribution is 2.22. The highest BCUT2D eigenvalue weighted by Gasteiger charge is 2.27. The standard InChI is InChI=1S/C20H25ClN2O/c1-14(13-16-9-11-18(21)12-10-16)23(3)20(24)15(2)19(22)17-7-5-4-6-8-17/h4-12,14-15,19H,13,22H2,1-3H3. The maximum Gasteiger partial charge on any atom is 0.227 e. The van der Waals surface area contributed by atoms with E-state index in [1.54, 1.807) is 4.90 Å². The van der Waals surface area contributed by atoms with E-state index in [1.807, 2.05) is 75.5 Å². The number of benzene rings is 2. The molecule has 0 bridgehead atoms. The van der Waals surface area contributed by atoms with E-state index < -0.39 is 0 Å². The fraction of sp³-hybridized carbons (Fsp3) is 0.350. The fourth-order valence-corrected chi connectivity index (χ4v) is 2.88. The van der Waals surface area contributed by atoms with E-state index in [-0.39, 0.29) is 23.9 Å². The van der Waals surface area contributed by atoms with Crippen molar-refractivity contribution < 1.29 is 4.79 Å². The van der Waals surface area contributed by atoms with Gasteiger partial charge < -0.3 is 10.6 Å². The van der Waals surface area contributed by atoms with Gasteiger partial charge in [0.1, 0.15) is 0 Å². The Morgan fingerprint density at radius 3 is 2.25 bits per heavy atom. The van der Waals surface area contributed by atoms with Crippen molar-refractivity contribution in [2.45, 2.75) is 32.4 Å². The van der Waals surface area contributed by atoms with Crippen LogP contribution in [0.2, 0.25) is 5.02 Å². The third-order valence-corrected chi connectivity index (χ3v) is 4.82. The molecule has 2 rings (SSSR count). The topological polar surface area (TPSA) is 46.3 Å². The van der Waals surface area contributed by atoms with Crippen LogP contribution >= 0.6 is 11.6 Å². The Morgan fingerprint density at radius 1 is 1.08 bits per heavy atom. The molecule has 0 saturated carbocycles. The Bertz CT molecular complexity index is 657. The Morgan fingerprint density at radius 2 is 1.67 bits per heavy atom. The summed E-state index contributed by atoms with van der Waals surface area (Å²) < 4.78 is 0. The number of nitrogens with two attached hydrogens (primary N) is 1. The van der Waals surface area contributed by atoms with Crippen LogP contribution in [0.5, 0.6) is 0 Å². The SMILES string of the molecule is CC(C(=O)N(C)C(C)Cc1ccc(Cl)cc1)C(N)c1ccccc1. The van der Waals surface area contributed by atoms with Gasteiger partial charge >= 0.3 is 0 Å². The lowest BCUT2D eigenvalue weighted by molar-refractivity contribution is -0.136. The summed E-state index contributed by atoms with van der Waals surface area (Å²) in [5.41, 5.74) is 8.43. The Labute approximate surface area is 149 Å². The number of halogens is 1. The number of carbonyl (C=O) groups excluding carboxylic acids is 1. The lowest BCUT2D eigenvalue weighted by Crippen LogP contribution is -2.42. The first-order chi connectivity index (χ1) is 11.4. The van der Waals surface area contributed by atoms with Crippen molar-refractivity contribution in [3.63, 3.8) is 0 Å². The monoisotopic (exact) mass is 344 g/mol. The molecule has 0 spiro atoms. The van der Waals surface area contributed by atoms with Crippen molar-refractivity contribution in [2.24, 2.45) is 11.7 Å². The summed E-state index contributed by atoms with van der Waals surface area (Å²) in [6.45, 7) is 3.94. The minimum atomic E-state index is -0.302. The van der Waals surface area contributed by atoms with Crippen molar-refractivity contribution in [1.29, 1.82) is 0 Å². The summed E-state index contributed by atoms with van der Waals surface area (Å²) in [4.78, 5) is 14.6. The molecule has 128 valence electrons. The van der Waals surface area contributed by atoms with E-state index in [0.29, 0.717) is 0 Å². The van der Waals surface area contributed by atoms with Crippen LogP contribution in [0.25, 0.3) is 0 Å². The van der Waals surface area contributed by atoms with Gasteiger partial charge in [-0.1, -0.05) is 61.0 Å². The fourth-order valence-electron chi connectivity index (χ4n) is 2.75. The van der Waals surface area contributed by atoms with Crippen LogP contribution in [0.4, 0.5) is 0 Å². The first kappa shape index (κ1) is 18.5. The van der Waals surface area contributed by atoms with Gasteiger partial charge in [0.05, 0.1) is 5.92 Å². The lowest BCUT2D eigenvalue weighted by atomic mass is 9.93. The van der Waals surface area contributed by atoms with E-state index in [9.17, 15) is 4.79 Å². The Hall–Kier alpha value is -1.84. The maximum atomic E-state index is 12.8. The molecule has 4 heteroatoms. The van der Waals surface area contributed by atoms with Crippen LogP contribution in [-0.4, -0.2) is 23.9 Å². The summed E-state index contributed by atoms with van der Waals surface area (Å²) >= 11 is 5.92. The molecule has 0 aliphatic heterocycles. The highest BCUT2D eigenvalue weighted by atomic mass is 35.5. The van der Waals surface area contributed by atoms with Crippen LogP contribution in [-0.2, 0) is 11.2 Å². The van der Waals surface area contributed by atoms with Gasteiger partial charge in [0.25, 0.3) is 0 Å². The second-order valence-electron chi connectivity index (χ2n) is 6.35. The molecule has 24 heavy (non-hydrogen) atoms. The zero-order valence-corrected chi connectivity index (χ0v) is 15.2. The molecule has 0 aliphatic rings. The first-order valence-electron chi connectivity index (χ1n) is 8.21. The van der Waals surface area contributed by atoms with E-state index in [1.165, 1.54) is 0 Å². The molecule has 0 saturated heterocycles. The van der Waals surface area contributed by atoms with E-state index >= 15 is 0 Å². The summed E-state index contributed by atoms with van der Waals surface area (Å²) in [5.74, 6) is -0.210. The lowest BCUT2D eigenvalue weighted by Gasteiger charge is -2.30. The van der Waals surface area contributed by atoms with E-state index in [4.69, 9.17) is 17.3 Å². The number of hydrogen-bond acceptors (Lipinski definition) is 2. The zero-order chi connectivity index (χ0) is 17.7.